The number of guanidine groups is 1. The molecule has 1 aromatic rings. The Hall–Kier alpha value is -1.76. The number of nitrogens with one attached hydrogen (secondary N) is 2. The maximum absolute atomic E-state index is 12.2. The zero-order chi connectivity index (χ0) is 18.0. The minimum atomic E-state index is -4.17. The van der Waals surface area contributed by atoms with Crippen molar-refractivity contribution >= 4 is 5.96 Å². The monoisotopic (exact) mass is 344 g/mol. The summed E-state index contributed by atoms with van der Waals surface area (Å²) in [5.74, 6) is 0.382. The van der Waals surface area contributed by atoms with Crippen LogP contribution in [0, 0.1) is 0 Å². The van der Waals surface area contributed by atoms with Crippen molar-refractivity contribution in [1.82, 2.24) is 15.5 Å². The fourth-order valence-electron chi connectivity index (χ4n) is 2.53. The highest BCUT2D eigenvalue weighted by atomic mass is 19.4. The first-order chi connectivity index (χ1) is 11.4. The fourth-order valence-corrected chi connectivity index (χ4v) is 2.53. The molecule has 0 aliphatic rings. The smallest absolute Gasteiger partial charge is 0.356 e. The van der Waals surface area contributed by atoms with Crippen molar-refractivity contribution in [3.63, 3.8) is 0 Å². The molecule has 4 nitrogen and oxygen atoms in total. The molecule has 7 heteroatoms. The van der Waals surface area contributed by atoms with E-state index >= 15 is 0 Å². The maximum Gasteiger partial charge on any atom is 0.390 e. The van der Waals surface area contributed by atoms with Crippen molar-refractivity contribution in [3.05, 3.63) is 35.9 Å². The van der Waals surface area contributed by atoms with Crippen molar-refractivity contribution in [1.29, 1.82) is 0 Å². The maximum atomic E-state index is 12.2. The molecule has 0 saturated carbocycles. The van der Waals surface area contributed by atoms with Gasteiger partial charge in [0.2, 0.25) is 0 Å². The summed E-state index contributed by atoms with van der Waals surface area (Å²) < 4.78 is 36.7. The first-order valence-corrected chi connectivity index (χ1v) is 8.21. The number of rotatable bonds is 8. The summed E-state index contributed by atoms with van der Waals surface area (Å²) in [4.78, 5) is 6.29. The van der Waals surface area contributed by atoms with Crippen molar-refractivity contribution in [2.75, 3.05) is 33.2 Å². The lowest BCUT2D eigenvalue weighted by atomic mass is 10.1. The Labute approximate surface area is 142 Å². The van der Waals surface area contributed by atoms with Crippen LogP contribution in [-0.4, -0.2) is 50.3 Å². The SMILES string of the molecule is CCN(CC)C(CNC(=NC)NCCC(F)(F)F)c1ccccc1. The van der Waals surface area contributed by atoms with E-state index in [4.69, 9.17) is 0 Å². The first-order valence-electron chi connectivity index (χ1n) is 8.21. The summed E-state index contributed by atoms with van der Waals surface area (Å²) in [5.41, 5.74) is 1.17. The highest BCUT2D eigenvalue weighted by Gasteiger charge is 2.26. The number of benzene rings is 1. The topological polar surface area (TPSA) is 39.7 Å². The minimum absolute atomic E-state index is 0.127. The van der Waals surface area contributed by atoms with E-state index < -0.39 is 12.6 Å². The van der Waals surface area contributed by atoms with Crippen LogP contribution in [0.5, 0.6) is 0 Å². The average molecular weight is 344 g/mol. The van der Waals surface area contributed by atoms with Gasteiger partial charge in [0.25, 0.3) is 0 Å². The van der Waals surface area contributed by atoms with E-state index in [-0.39, 0.29) is 12.6 Å². The molecular weight excluding hydrogens is 317 g/mol. The Balaban J connectivity index is 2.66. The van der Waals surface area contributed by atoms with Crippen LogP contribution in [0.4, 0.5) is 13.2 Å². The van der Waals surface area contributed by atoms with Gasteiger partial charge in [0.05, 0.1) is 12.5 Å². The van der Waals surface area contributed by atoms with Gasteiger partial charge >= 0.3 is 6.18 Å². The van der Waals surface area contributed by atoms with E-state index in [1.165, 1.54) is 5.56 Å². The highest BCUT2D eigenvalue weighted by Crippen LogP contribution is 2.20. The number of hydrogen-bond acceptors (Lipinski definition) is 2. The van der Waals surface area contributed by atoms with Crippen LogP contribution in [0.15, 0.2) is 35.3 Å². The van der Waals surface area contributed by atoms with E-state index in [0.29, 0.717) is 12.5 Å². The second-order valence-corrected chi connectivity index (χ2v) is 5.39. The van der Waals surface area contributed by atoms with Crippen molar-refractivity contribution < 1.29 is 13.2 Å². The average Bonchev–Trinajstić information content (AvgIpc) is 2.56. The molecule has 1 atom stereocenters. The number of likely N-dealkylation sites (N-methyl/N-ethyl adjacent to an activating group) is 1. The van der Waals surface area contributed by atoms with Gasteiger partial charge in [-0.05, 0) is 18.7 Å². The fraction of sp³-hybridized carbons (Fsp3) is 0.588. The minimum Gasteiger partial charge on any atom is -0.356 e. The third-order valence-electron chi connectivity index (χ3n) is 3.82. The molecule has 136 valence electrons. The molecular formula is C17H27F3N4. The lowest BCUT2D eigenvalue weighted by Gasteiger charge is -2.30. The lowest BCUT2D eigenvalue weighted by molar-refractivity contribution is -0.132. The first kappa shape index (κ1) is 20.3. The van der Waals surface area contributed by atoms with Crippen LogP contribution < -0.4 is 10.6 Å². The Morgan fingerprint density at radius 3 is 2.25 bits per heavy atom. The normalized spacial score (nSPS) is 13.9. The quantitative estimate of drug-likeness (QED) is 0.562. The summed E-state index contributed by atoms with van der Waals surface area (Å²) >= 11 is 0. The molecule has 1 rings (SSSR count). The third-order valence-corrected chi connectivity index (χ3v) is 3.82. The van der Waals surface area contributed by atoms with Crippen LogP contribution in [-0.2, 0) is 0 Å². The second kappa shape index (κ2) is 10.2. The van der Waals surface area contributed by atoms with Crippen LogP contribution in [0.1, 0.15) is 31.9 Å². The van der Waals surface area contributed by atoms with Gasteiger partial charge in [0.15, 0.2) is 5.96 Å². The van der Waals surface area contributed by atoms with E-state index in [1.807, 2.05) is 18.2 Å². The van der Waals surface area contributed by atoms with Gasteiger partial charge in [-0.2, -0.15) is 13.2 Å². The summed E-state index contributed by atoms with van der Waals surface area (Å²) in [6, 6.07) is 10.2. The molecule has 0 heterocycles. The van der Waals surface area contributed by atoms with Crippen molar-refractivity contribution in [3.8, 4) is 0 Å². The zero-order valence-corrected chi connectivity index (χ0v) is 14.5. The molecule has 0 radical (unpaired) electrons. The second-order valence-electron chi connectivity index (χ2n) is 5.39. The zero-order valence-electron chi connectivity index (χ0n) is 14.5. The molecule has 0 amide bonds. The molecule has 0 aliphatic carbocycles. The standard InChI is InChI=1S/C17H27F3N4/c1-4-24(5-2)15(14-9-7-6-8-10-14)13-23-16(21-3)22-12-11-17(18,19)20/h6-10,15H,4-5,11-13H2,1-3H3,(H2,21,22,23). The van der Waals surface area contributed by atoms with Gasteiger partial charge in [-0.3, -0.25) is 9.89 Å². The number of nitrogens with zero attached hydrogens (tertiary/aromatic N) is 2. The molecule has 0 bridgehead atoms. The van der Waals surface area contributed by atoms with Gasteiger partial charge in [0.1, 0.15) is 0 Å². The van der Waals surface area contributed by atoms with E-state index in [2.05, 4.69) is 46.5 Å². The van der Waals surface area contributed by atoms with Crippen LogP contribution in [0.25, 0.3) is 0 Å². The third kappa shape index (κ3) is 7.21. The number of hydrogen-bond donors (Lipinski definition) is 2. The predicted molar refractivity (Wildman–Crippen MR) is 92.1 cm³/mol. The van der Waals surface area contributed by atoms with Crippen LogP contribution in [0.2, 0.25) is 0 Å². The summed E-state index contributed by atoms with van der Waals surface area (Å²) in [6.07, 6.45) is -5.05. The molecule has 0 fully saturated rings. The molecule has 0 saturated heterocycles. The van der Waals surface area contributed by atoms with E-state index in [9.17, 15) is 13.2 Å². The molecule has 1 aromatic carbocycles. The summed E-state index contributed by atoms with van der Waals surface area (Å²) in [6.45, 7) is 6.34. The number of alkyl halides is 3. The Kier molecular flexibility index (Phi) is 8.60. The molecule has 1 unspecified atom stereocenters. The van der Waals surface area contributed by atoms with Crippen molar-refractivity contribution in [2.45, 2.75) is 32.5 Å². The summed E-state index contributed by atoms with van der Waals surface area (Å²) in [7, 11) is 1.55. The van der Waals surface area contributed by atoms with Gasteiger partial charge < -0.3 is 10.6 Å². The molecule has 24 heavy (non-hydrogen) atoms. The summed E-state index contributed by atoms with van der Waals surface area (Å²) in [5, 5.41) is 5.84. The van der Waals surface area contributed by atoms with Gasteiger partial charge in [-0.25, -0.2) is 0 Å². The van der Waals surface area contributed by atoms with Crippen LogP contribution in [0.3, 0.4) is 0 Å². The molecule has 0 aromatic heterocycles. The highest BCUT2D eigenvalue weighted by molar-refractivity contribution is 5.79. The van der Waals surface area contributed by atoms with E-state index in [1.54, 1.807) is 7.05 Å². The van der Waals surface area contributed by atoms with Gasteiger partial charge in [-0.15, -0.1) is 0 Å². The lowest BCUT2D eigenvalue weighted by Crippen LogP contribution is -2.44. The largest absolute Gasteiger partial charge is 0.390 e. The Morgan fingerprint density at radius 1 is 1.12 bits per heavy atom. The molecule has 0 aliphatic heterocycles. The van der Waals surface area contributed by atoms with E-state index in [0.717, 1.165) is 13.1 Å². The van der Waals surface area contributed by atoms with Gasteiger partial charge in [0, 0.05) is 20.1 Å². The predicted octanol–water partition coefficient (Wildman–Crippen LogP) is 3.19. The van der Waals surface area contributed by atoms with Gasteiger partial charge in [-0.1, -0.05) is 44.2 Å². The van der Waals surface area contributed by atoms with Crippen molar-refractivity contribution in [2.24, 2.45) is 4.99 Å². The molecule has 2 N–H and O–H groups in total. The molecule has 0 spiro atoms. The Bertz CT molecular complexity index is 484. The number of halogens is 3. The van der Waals surface area contributed by atoms with Crippen LogP contribution >= 0.6 is 0 Å². The number of aliphatic imine (C=N–C) groups is 1. The Morgan fingerprint density at radius 2 is 1.75 bits per heavy atom.